The van der Waals surface area contributed by atoms with Gasteiger partial charge in [0.05, 0.1) is 19.8 Å². The van der Waals surface area contributed by atoms with E-state index in [1.165, 1.54) is 12.0 Å². The summed E-state index contributed by atoms with van der Waals surface area (Å²) in [6, 6.07) is -0.180. The molecular weight excluding hydrogens is 228 g/mol. The van der Waals surface area contributed by atoms with Crippen LogP contribution in [-0.4, -0.2) is 55.7 Å². The molecule has 0 aromatic heterocycles. The highest BCUT2D eigenvalue weighted by molar-refractivity contribution is 6.32. The molecular formula is C10H16N2O5. The van der Waals surface area contributed by atoms with Gasteiger partial charge in [-0.3, -0.25) is 4.79 Å². The number of ether oxygens (including phenoxy) is 2. The third kappa shape index (κ3) is 3.61. The Morgan fingerprint density at radius 2 is 2.12 bits per heavy atom. The van der Waals surface area contributed by atoms with Gasteiger partial charge in [0.15, 0.2) is 0 Å². The SMILES string of the molecule is CCOC(=O)C(=O)N1CCC(NC(=O)OC)C1. The van der Waals surface area contributed by atoms with Crippen LogP contribution in [0.5, 0.6) is 0 Å². The summed E-state index contributed by atoms with van der Waals surface area (Å²) in [6.07, 6.45) is 0.0562. The Kier molecular flexibility index (Phi) is 4.74. The first-order valence-corrected chi connectivity index (χ1v) is 5.39. The molecule has 1 N–H and O–H groups in total. The van der Waals surface area contributed by atoms with E-state index in [0.717, 1.165) is 0 Å². The lowest BCUT2D eigenvalue weighted by molar-refractivity contribution is -0.159. The van der Waals surface area contributed by atoms with Gasteiger partial charge in [-0.2, -0.15) is 0 Å². The van der Waals surface area contributed by atoms with Crippen LogP contribution in [0.3, 0.4) is 0 Å². The van der Waals surface area contributed by atoms with Crippen LogP contribution in [-0.2, 0) is 19.1 Å². The molecule has 96 valence electrons. The van der Waals surface area contributed by atoms with Crippen LogP contribution in [0.15, 0.2) is 0 Å². The molecule has 0 radical (unpaired) electrons. The summed E-state index contributed by atoms with van der Waals surface area (Å²) >= 11 is 0. The van der Waals surface area contributed by atoms with E-state index >= 15 is 0 Å². The molecule has 0 bridgehead atoms. The van der Waals surface area contributed by atoms with Crippen molar-refractivity contribution in [3.63, 3.8) is 0 Å². The molecule has 1 aliphatic rings. The van der Waals surface area contributed by atoms with Crippen LogP contribution in [0.4, 0.5) is 4.79 Å². The number of esters is 1. The number of carbonyl (C=O) groups is 3. The molecule has 0 aromatic carbocycles. The van der Waals surface area contributed by atoms with Gasteiger partial charge in [-0.15, -0.1) is 0 Å². The fourth-order valence-electron chi connectivity index (χ4n) is 1.61. The molecule has 0 aromatic rings. The van der Waals surface area contributed by atoms with E-state index in [4.69, 9.17) is 0 Å². The molecule has 2 amide bonds. The van der Waals surface area contributed by atoms with Gasteiger partial charge in [0, 0.05) is 13.1 Å². The van der Waals surface area contributed by atoms with E-state index in [1.54, 1.807) is 6.92 Å². The minimum atomic E-state index is -0.855. The summed E-state index contributed by atoms with van der Waals surface area (Å²) in [4.78, 5) is 35.0. The van der Waals surface area contributed by atoms with Crippen molar-refractivity contribution in [2.75, 3.05) is 26.8 Å². The maximum atomic E-state index is 11.5. The third-order valence-electron chi connectivity index (χ3n) is 2.43. The molecule has 0 spiro atoms. The van der Waals surface area contributed by atoms with Gasteiger partial charge < -0.3 is 19.7 Å². The molecule has 1 aliphatic heterocycles. The van der Waals surface area contributed by atoms with Crippen molar-refractivity contribution in [2.24, 2.45) is 0 Å². The molecule has 7 heteroatoms. The van der Waals surface area contributed by atoms with Gasteiger partial charge in [0.1, 0.15) is 0 Å². The van der Waals surface area contributed by atoms with Crippen LogP contribution >= 0.6 is 0 Å². The van der Waals surface area contributed by atoms with E-state index in [-0.39, 0.29) is 12.6 Å². The highest BCUT2D eigenvalue weighted by Crippen LogP contribution is 2.10. The highest BCUT2D eigenvalue weighted by atomic mass is 16.5. The molecule has 1 saturated heterocycles. The molecule has 1 heterocycles. The Morgan fingerprint density at radius 1 is 1.41 bits per heavy atom. The van der Waals surface area contributed by atoms with Crippen molar-refractivity contribution in [1.29, 1.82) is 0 Å². The lowest BCUT2D eigenvalue weighted by atomic mass is 10.3. The second-order valence-electron chi connectivity index (χ2n) is 3.59. The average Bonchev–Trinajstić information content (AvgIpc) is 2.76. The summed E-state index contributed by atoms with van der Waals surface area (Å²) in [7, 11) is 1.27. The van der Waals surface area contributed by atoms with Crippen LogP contribution in [0.2, 0.25) is 0 Å². The van der Waals surface area contributed by atoms with Crippen molar-refractivity contribution >= 4 is 18.0 Å². The second-order valence-corrected chi connectivity index (χ2v) is 3.59. The molecule has 1 atom stereocenters. The number of hydrogen-bond donors (Lipinski definition) is 1. The molecule has 0 aliphatic carbocycles. The van der Waals surface area contributed by atoms with E-state index in [1.807, 2.05) is 0 Å². The van der Waals surface area contributed by atoms with Gasteiger partial charge >= 0.3 is 18.0 Å². The zero-order chi connectivity index (χ0) is 12.8. The van der Waals surface area contributed by atoms with Crippen LogP contribution < -0.4 is 5.32 Å². The fourth-order valence-corrected chi connectivity index (χ4v) is 1.61. The molecule has 1 fully saturated rings. The number of hydrogen-bond acceptors (Lipinski definition) is 5. The van der Waals surface area contributed by atoms with Crippen molar-refractivity contribution in [3.05, 3.63) is 0 Å². The van der Waals surface area contributed by atoms with Gasteiger partial charge in [-0.05, 0) is 13.3 Å². The number of nitrogens with one attached hydrogen (secondary N) is 1. The maximum absolute atomic E-state index is 11.5. The topological polar surface area (TPSA) is 84.9 Å². The molecule has 1 unspecified atom stereocenters. The molecule has 7 nitrogen and oxygen atoms in total. The lowest BCUT2D eigenvalue weighted by Crippen LogP contribution is -2.40. The minimum absolute atomic E-state index is 0.169. The van der Waals surface area contributed by atoms with E-state index in [9.17, 15) is 14.4 Å². The molecule has 17 heavy (non-hydrogen) atoms. The number of methoxy groups -OCH3 is 1. The normalized spacial score (nSPS) is 18.7. The van der Waals surface area contributed by atoms with E-state index in [0.29, 0.717) is 19.5 Å². The first kappa shape index (κ1) is 13.3. The first-order chi connectivity index (χ1) is 8.08. The number of carbonyl (C=O) groups excluding carboxylic acids is 3. The second kappa shape index (κ2) is 6.07. The lowest BCUT2D eigenvalue weighted by Gasteiger charge is -2.15. The van der Waals surface area contributed by atoms with Crippen molar-refractivity contribution < 1.29 is 23.9 Å². The largest absolute Gasteiger partial charge is 0.459 e. The first-order valence-electron chi connectivity index (χ1n) is 5.39. The van der Waals surface area contributed by atoms with E-state index in [2.05, 4.69) is 14.8 Å². The fraction of sp³-hybridized carbons (Fsp3) is 0.700. The molecule has 1 rings (SSSR count). The Hall–Kier alpha value is -1.79. The smallest absolute Gasteiger partial charge is 0.407 e. The number of likely N-dealkylation sites (tertiary alicyclic amines) is 1. The number of alkyl carbamates (subject to hydrolysis) is 1. The minimum Gasteiger partial charge on any atom is -0.459 e. The Bertz CT molecular complexity index is 318. The van der Waals surface area contributed by atoms with Gasteiger partial charge in [0.25, 0.3) is 0 Å². The van der Waals surface area contributed by atoms with Crippen molar-refractivity contribution in [2.45, 2.75) is 19.4 Å². The van der Waals surface area contributed by atoms with Gasteiger partial charge in [-0.1, -0.05) is 0 Å². The van der Waals surface area contributed by atoms with Crippen LogP contribution in [0.1, 0.15) is 13.3 Å². The monoisotopic (exact) mass is 244 g/mol. The maximum Gasteiger partial charge on any atom is 0.407 e. The van der Waals surface area contributed by atoms with E-state index < -0.39 is 18.0 Å². The quantitative estimate of drug-likeness (QED) is 0.523. The summed E-state index contributed by atoms with van der Waals surface area (Å²) in [5.74, 6) is -1.52. The summed E-state index contributed by atoms with van der Waals surface area (Å²) in [6.45, 7) is 2.53. The van der Waals surface area contributed by atoms with Gasteiger partial charge in [0.2, 0.25) is 0 Å². The predicted molar refractivity (Wildman–Crippen MR) is 57.2 cm³/mol. The van der Waals surface area contributed by atoms with Crippen molar-refractivity contribution in [1.82, 2.24) is 10.2 Å². The Morgan fingerprint density at radius 3 is 2.71 bits per heavy atom. The highest BCUT2D eigenvalue weighted by Gasteiger charge is 2.31. The summed E-state index contributed by atoms with van der Waals surface area (Å²) in [5.41, 5.74) is 0. The summed E-state index contributed by atoms with van der Waals surface area (Å²) < 4.78 is 9.06. The third-order valence-corrected chi connectivity index (χ3v) is 2.43. The number of nitrogens with zero attached hydrogens (tertiary/aromatic N) is 1. The molecule has 0 saturated carbocycles. The van der Waals surface area contributed by atoms with Crippen LogP contribution in [0.25, 0.3) is 0 Å². The zero-order valence-electron chi connectivity index (χ0n) is 9.89. The average molecular weight is 244 g/mol. The predicted octanol–water partition coefficient (Wildman–Crippen LogP) is -0.494. The standard InChI is InChI=1S/C10H16N2O5/c1-3-17-9(14)8(13)12-5-4-7(6-12)11-10(15)16-2/h7H,3-6H2,1-2H3,(H,11,15). The zero-order valence-corrected chi connectivity index (χ0v) is 9.89. The Balaban J connectivity index is 2.42. The van der Waals surface area contributed by atoms with Crippen molar-refractivity contribution in [3.8, 4) is 0 Å². The Labute approximate surface area is 99.0 Å². The number of rotatable bonds is 2. The number of amides is 2. The summed E-state index contributed by atoms with van der Waals surface area (Å²) in [5, 5.41) is 2.58. The van der Waals surface area contributed by atoms with Crippen LogP contribution in [0, 0.1) is 0 Å². The van der Waals surface area contributed by atoms with Gasteiger partial charge in [-0.25, -0.2) is 9.59 Å².